The van der Waals surface area contributed by atoms with Crippen LogP contribution in [0.4, 0.5) is 0 Å². The minimum absolute atomic E-state index is 0.320. The fraction of sp³-hybridized carbons (Fsp3) is 0.923. The van der Waals surface area contributed by atoms with E-state index >= 15 is 0 Å². The Labute approximate surface area is 91.4 Å². The van der Waals surface area contributed by atoms with E-state index in [-0.39, 0.29) is 0 Å². The van der Waals surface area contributed by atoms with Crippen molar-refractivity contribution in [2.75, 3.05) is 13.2 Å². The Kier molecular flexibility index (Phi) is 2.01. The van der Waals surface area contributed by atoms with Gasteiger partial charge >= 0.3 is 0 Å². The molecule has 3 atom stereocenters. The molecule has 3 rings (SSSR count). The predicted molar refractivity (Wildman–Crippen MR) is 57.6 cm³/mol. The molecule has 0 unspecified atom stereocenters. The third-order valence-electron chi connectivity index (χ3n) is 5.42. The molecular weight excluding hydrogens is 188 g/mol. The first kappa shape index (κ1) is 9.83. The fourth-order valence-corrected chi connectivity index (χ4v) is 4.55. The van der Waals surface area contributed by atoms with Crippen molar-refractivity contribution < 1.29 is 9.53 Å². The minimum atomic E-state index is 0.320. The monoisotopic (exact) mass is 208 g/mol. The molecule has 1 heterocycles. The standard InChI is InChI=1S/C13H20O2/c1-10-8-15-9-12-4-2-5-13(10,12)7-11(14)3-6-12/h10H,2-9H2,1H3/t10-,12+,13-/m1/s1. The summed E-state index contributed by atoms with van der Waals surface area (Å²) < 4.78 is 5.77. The molecule has 0 N–H and O–H groups in total. The molecule has 0 spiro atoms. The van der Waals surface area contributed by atoms with Gasteiger partial charge in [-0.3, -0.25) is 4.79 Å². The van der Waals surface area contributed by atoms with E-state index in [2.05, 4.69) is 6.92 Å². The molecular formula is C13H20O2. The molecule has 1 saturated heterocycles. The van der Waals surface area contributed by atoms with Crippen molar-refractivity contribution in [3.63, 3.8) is 0 Å². The largest absolute Gasteiger partial charge is 0.381 e. The van der Waals surface area contributed by atoms with Crippen LogP contribution in [0.2, 0.25) is 0 Å². The highest BCUT2D eigenvalue weighted by atomic mass is 16.5. The van der Waals surface area contributed by atoms with Crippen molar-refractivity contribution >= 4 is 5.78 Å². The van der Waals surface area contributed by atoms with Crippen LogP contribution in [0.25, 0.3) is 0 Å². The molecule has 1 aliphatic heterocycles. The molecule has 15 heavy (non-hydrogen) atoms. The van der Waals surface area contributed by atoms with Crippen LogP contribution < -0.4 is 0 Å². The normalized spacial score (nSPS) is 49.9. The lowest BCUT2D eigenvalue weighted by Gasteiger charge is -2.55. The molecule has 84 valence electrons. The first-order valence-electron chi connectivity index (χ1n) is 6.28. The molecule has 2 nitrogen and oxygen atoms in total. The Morgan fingerprint density at radius 2 is 2.20 bits per heavy atom. The Balaban J connectivity index is 2.03. The first-order valence-corrected chi connectivity index (χ1v) is 6.28. The number of hydrogen-bond acceptors (Lipinski definition) is 2. The van der Waals surface area contributed by atoms with Gasteiger partial charge in [-0.1, -0.05) is 13.3 Å². The lowest BCUT2D eigenvalue weighted by Crippen LogP contribution is -2.54. The average molecular weight is 208 g/mol. The summed E-state index contributed by atoms with van der Waals surface area (Å²) in [5.41, 5.74) is 0.694. The Bertz CT molecular complexity index is 299. The third kappa shape index (κ3) is 1.12. The Morgan fingerprint density at radius 3 is 3.07 bits per heavy atom. The van der Waals surface area contributed by atoms with Gasteiger partial charge in [-0.2, -0.15) is 0 Å². The van der Waals surface area contributed by atoms with Crippen LogP contribution in [0.1, 0.15) is 45.4 Å². The fourth-order valence-electron chi connectivity index (χ4n) is 4.55. The van der Waals surface area contributed by atoms with Crippen LogP contribution in [0.5, 0.6) is 0 Å². The molecule has 2 saturated carbocycles. The number of hydrogen-bond donors (Lipinski definition) is 0. The van der Waals surface area contributed by atoms with Gasteiger partial charge in [0.1, 0.15) is 5.78 Å². The van der Waals surface area contributed by atoms with Crippen molar-refractivity contribution in [1.82, 2.24) is 0 Å². The van der Waals surface area contributed by atoms with E-state index in [9.17, 15) is 4.79 Å². The van der Waals surface area contributed by atoms with Gasteiger partial charge in [0, 0.05) is 24.9 Å². The lowest BCUT2D eigenvalue weighted by molar-refractivity contribution is -0.165. The highest BCUT2D eigenvalue weighted by molar-refractivity contribution is 5.80. The number of ether oxygens (including phenoxy) is 1. The van der Waals surface area contributed by atoms with Gasteiger partial charge in [0.2, 0.25) is 0 Å². The average Bonchev–Trinajstić information content (AvgIpc) is 2.59. The summed E-state index contributed by atoms with van der Waals surface area (Å²) in [7, 11) is 0. The highest BCUT2D eigenvalue weighted by Crippen LogP contribution is 2.65. The second kappa shape index (κ2) is 3.07. The molecule has 0 bridgehead atoms. The Morgan fingerprint density at radius 1 is 1.33 bits per heavy atom. The van der Waals surface area contributed by atoms with Crippen LogP contribution in [0.3, 0.4) is 0 Å². The van der Waals surface area contributed by atoms with Crippen LogP contribution in [-0.2, 0) is 9.53 Å². The van der Waals surface area contributed by atoms with E-state index in [1.807, 2.05) is 0 Å². The van der Waals surface area contributed by atoms with E-state index in [0.717, 1.165) is 32.5 Å². The molecule has 0 aromatic rings. The van der Waals surface area contributed by atoms with Crippen LogP contribution in [-0.4, -0.2) is 19.0 Å². The van der Waals surface area contributed by atoms with Gasteiger partial charge in [-0.05, 0) is 30.6 Å². The van der Waals surface area contributed by atoms with Gasteiger partial charge in [0.05, 0.1) is 6.61 Å². The molecule has 0 amide bonds. The highest BCUT2D eigenvalue weighted by Gasteiger charge is 2.61. The predicted octanol–water partition coefficient (Wildman–Crippen LogP) is 2.56. The van der Waals surface area contributed by atoms with Gasteiger partial charge in [-0.25, -0.2) is 0 Å². The smallest absolute Gasteiger partial charge is 0.133 e. The number of ketones is 1. The molecule has 0 aromatic heterocycles. The van der Waals surface area contributed by atoms with Gasteiger partial charge < -0.3 is 4.74 Å². The van der Waals surface area contributed by atoms with Gasteiger partial charge in [0.25, 0.3) is 0 Å². The van der Waals surface area contributed by atoms with E-state index in [1.165, 1.54) is 19.3 Å². The van der Waals surface area contributed by atoms with Crippen LogP contribution >= 0.6 is 0 Å². The molecule has 3 aliphatic rings. The van der Waals surface area contributed by atoms with E-state index in [4.69, 9.17) is 4.74 Å². The van der Waals surface area contributed by atoms with Crippen LogP contribution in [0.15, 0.2) is 0 Å². The van der Waals surface area contributed by atoms with Crippen LogP contribution in [0, 0.1) is 16.7 Å². The van der Waals surface area contributed by atoms with Gasteiger partial charge in [-0.15, -0.1) is 0 Å². The molecule has 0 radical (unpaired) electrons. The molecule has 0 aromatic carbocycles. The third-order valence-corrected chi connectivity index (χ3v) is 5.42. The maximum Gasteiger partial charge on any atom is 0.133 e. The SMILES string of the molecule is C[C@@H]1COC[C@@]23CCC[C@@]12CC(=O)CC3. The number of carbonyl (C=O) groups is 1. The van der Waals surface area contributed by atoms with Crippen molar-refractivity contribution in [2.24, 2.45) is 16.7 Å². The maximum atomic E-state index is 11.8. The molecule has 2 heteroatoms. The second-order valence-electron chi connectivity index (χ2n) is 5.92. The minimum Gasteiger partial charge on any atom is -0.381 e. The summed E-state index contributed by atoms with van der Waals surface area (Å²) >= 11 is 0. The first-order chi connectivity index (χ1) is 7.19. The van der Waals surface area contributed by atoms with Crippen molar-refractivity contribution in [3.05, 3.63) is 0 Å². The van der Waals surface area contributed by atoms with Crippen molar-refractivity contribution in [3.8, 4) is 0 Å². The van der Waals surface area contributed by atoms with Crippen molar-refractivity contribution in [1.29, 1.82) is 0 Å². The quantitative estimate of drug-likeness (QED) is 0.611. The summed E-state index contributed by atoms with van der Waals surface area (Å²) in [6, 6.07) is 0. The summed E-state index contributed by atoms with van der Waals surface area (Å²) in [4.78, 5) is 11.8. The zero-order chi connectivity index (χ0) is 10.5. The number of rotatable bonds is 0. The summed E-state index contributed by atoms with van der Waals surface area (Å²) in [6.45, 7) is 4.08. The summed E-state index contributed by atoms with van der Waals surface area (Å²) in [6.07, 6.45) is 6.61. The maximum absolute atomic E-state index is 11.8. The van der Waals surface area contributed by atoms with Gasteiger partial charge in [0.15, 0.2) is 0 Å². The van der Waals surface area contributed by atoms with Crippen molar-refractivity contribution in [2.45, 2.75) is 45.4 Å². The zero-order valence-electron chi connectivity index (χ0n) is 9.55. The summed E-state index contributed by atoms with van der Waals surface area (Å²) in [5, 5.41) is 0. The molecule has 2 aliphatic carbocycles. The topological polar surface area (TPSA) is 26.3 Å². The summed E-state index contributed by atoms with van der Waals surface area (Å²) in [5.74, 6) is 1.08. The second-order valence-corrected chi connectivity index (χ2v) is 5.92. The number of carbonyl (C=O) groups excluding carboxylic acids is 1. The molecule has 3 fully saturated rings. The van der Waals surface area contributed by atoms with E-state index in [1.54, 1.807) is 0 Å². The number of Topliss-reactive ketones (excluding diaryl/α,β-unsaturated/α-hetero) is 1. The Hall–Kier alpha value is -0.370. The van der Waals surface area contributed by atoms with E-state index in [0.29, 0.717) is 22.5 Å². The van der Waals surface area contributed by atoms with E-state index < -0.39 is 0 Å². The zero-order valence-corrected chi connectivity index (χ0v) is 9.55. The lowest BCUT2D eigenvalue weighted by atomic mass is 9.52.